The van der Waals surface area contributed by atoms with Crippen LogP contribution in [0.15, 0.2) is 36.4 Å². The van der Waals surface area contributed by atoms with Crippen LogP contribution in [-0.4, -0.2) is 38.7 Å². The van der Waals surface area contributed by atoms with Crippen LogP contribution in [0.1, 0.15) is 29.8 Å². The molecule has 0 atom stereocenters. The third kappa shape index (κ3) is 3.93. The van der Waals surface area contributed by atoms with E-state index in [0.717, 1.165) is 12.0 Å². The molecule has 0 aliphatic carbocycles. The first-order chi connectivity index (χ1) is 14.0. The highest BCUT2D eigenvalue weighted by Gasteiger charge is 2.20. The fraction of sp³-hybridized carbons (Fsp3) is 0.250. The first-order valence-electron chi connectivity index (χ1n) is 9.15. The normalized spacial score (nSPS) is 12.1. The van der Waals surface area contributed by atoms with Crippen LogP contribution in [0.4, 0.5) is 5.69 Å². The lowest BCUT2D eigenvalue weighted by Gasteiger charge is -2.10. The molecular weight excluding hydrogens is 374 g/mol. The van der Waals surface area contributed by atoms with Gasteiger partial charge in [0.05, 0.1) is 5.69 Å². The maximum absolute atomic E-state index is 12.5. The van der Waals surface area contributed by atoms with Crippen LogP contribution < -0.4 is 14.8 Å². The summed E-state index contributed by atoms with van der Waals surface area (Å²) in [5, 5.41) is 14.9. The zero-order valence-electron chi connectivity index (χ0n) is 16.0. The third-order valence-electron chi connectivity index (χ3n) is 4.52. The second-order valence-electron chi connectivity index (χ2n) is 6.55. The molecule has 2 heterocycles. The van der Waals surface area contributed by atoms with Crippen molar-refractivity contribution in [3.05, 3.63) is 47.5 Å². The van der Waals surface area contributed by atoms with Crippen molar-refractivity contribution in [2.45, 2.75) is 26.8 Å². The van der Waals surface area contributed by atoms with Crippen molar-refractivity contribution in [2.24, 2.45) is 0 Å². The number of ketones is 1. The summed E-state index contributed by atoms with van der Waals surface area (Å²) in [5.74, 6) is 0.798. The molecule has 1 aromatic heterocycles. The average Bonchev–Trinajstić information content (AvgIpc) is 3.36. The van der Waals surface area contributed by atoms with Crippen LogP contribution in [0, 0.1) is 0 Å². The molecule has 1 N–H and O–H groups in total. The van der Waals surface area contributed by atoms with Gasteiger partial charge in [-0.25, -0.2) is 0 Å². The van der Waals surface area contributed by atoms with E-state index in [0.29, 0.717) is 28.6 Å². The minimum Gasteiger partial charge on any atom is -0.454 e. The summed E-state index contributed by atoms with van der Waals surface area (Å²) in [4.78, 5) is 25.6. The summed E-state index contributed by atoms with van der Waals surface area (Å²) in [7, 11) is 0. The molecule has 0 fully saturated rings. The van der Waals surface area contributed by atoms with E-state index in [4.69, 9.17) is 9.47 Å². The molecule has 2 aromatic carbocycles. The Balaban J connectivity index is 1.48. The number of aryl methyl sites for hydroxylation is 1. The number of benzene rings is 2. The van der Waals surface area contributed by atoms with E-state index in [9.17, 15) is 9.59 Å². The highest BCUT2D eigenvalue weighted by molar-refractivity contribution is 6.04. The molecule has 9 heteroatoms. The van der Waals surface area contributed by atoms with Gasteiger partial charge in [0.1, 0.15) is 6.54 Å². The highest BCUT2D eigenvalue weighted by Crippen LogP contribution is 2.37. The van der Waals surface area contributed by atoms with Crippen LogP contribution in [0.5, 0.6) is 11.5 Å². The van der Waals surface area contributed by atoms with Gasteiger partial charge >= 0.3 is 0 Å². The molecular formula is C20H19N5O4. The largest absolute Gasteiger partial charge is 0.454 e. The number of fused-ring (bicyclic) bond motifs is 1. The molecule has 1 amide bonds. The number of tetrazole rings is 1. The van der Waals surface area contributed by atoms with Crippen molar-refractivity contribution in [3.63, 3.8) is 0 Å². The maximum Gasteiger partial charge on any atom is 0.248 e. The molecule has 4 rings (SSSR count). The quantitative estimate of drug-likeness (QED) is 0.641. The van der Waals surface area contributed by atoms with Gasteiger partial charge in [0.25, 0.3) is 0 Å². The van der Waals surface area contributed by atoms with Crippen molar-refractivity contribution in [1.29, 1.82) is 0 Å². The predicted molar refractivity (Wildman–Crippen MR) is 104 cm³/mol. The van der Waals surface area contributed by atoms with E-state index >= 15 is 0 Å². The average molecular weight is 393 g/mol. The zero-order valence-corrected chi connectivity index (χ0v) is 16.0. The minimum atomic E-state index is -0.392. The lowest BCUT2D eigenvalue weighted by molar-refractivity contribution is -0.117. The van der Waals surface area contributed by atoms with Crippen LogP contribution in [0.3, 0.4) is 0 Å². The Bertz CT molecular complexity index is 1070. The van der Waals surface area contributed by atoms with Crippen molar-refractivity contribution >= 4 is 17.4 Å². The number of carbonyl (C=O) groups excluding carboxylic acids is 2. The number of rotatable bonds is 6. The summed E-state index contributed by atoms with van der Waals surface area (Å²) in [6.07, 6.45) is 0.947. The second-order valence-corrected chi connectivity index (χ2v) is 6.55. The SMILES string of the molecule is CCc1ccc(-c2nnn(CC(=O)Nc3cc4c(cc3C(C)=O)OCO4)n2)cc1. The summed E-state index contributed by atoms with van der Waals surface area (Å²) in [5.41, 5.74) is 2.72. The molecule has 1 aliphatic heterocycles. The zero-order chi connectivity index (χ0) is 20.4. The van der Waals surface area contributed by atoms with E-state index in [1.807, 2.05) is 24.3 Å². The standard InChI is InChI=1S/C20H19N5O4/c1-3-13-4-6-14(7-5-13)20-22-24-25(23-20)10-19(27)21-16-9-18-17(28-11-29-18)8-15(16)12(2)26/h4-9H,3,10-11H2,1-2H3,(H,21,27). The third-order valence-corrected chi connectivity index (χ3v) is 4.52. The van der Waals surface area contributed by atoms with Crippen molar-refractivity contribution in [3.8, 4) is 22.9 Å². The van der Waals surface area contributed by atoms with Gasteiger partial charge in [-0.3, -0.25) is 9.59 Å². The summed E-state index contributed by atoms with van der Waals surface area (Å²) in [6, 6.07) is 11.0. The molecule has 29 heavy (non-hydrogen) atoms. The van der Waals surface area contributed by atoms with Gasteiger partial charge in [-0.1, -0.05) is 31.2 Å². The lowest BCUT2D eigenvalue weighted by atomic mass is 10.1. The van der Waals surface area contributed by atoms with Crippen molar-refractivity contribution < 1.29 is 19.1 Å². The smallest absolute Gasteiger partial charge is 0.248 e. The topological polar surface area (TPSA) is 108 Å². The summed E-state index contributed by atoms with van der Waals surface area (Å²) in [6.45, 7) is 3.43. The highest BCUT2D eigenvalue weighted by atomic mass is 16.7. The Morgan fingerprint density at radius 2 is 1.86 bits per heavy atom. The monoisotopic (exact) mass is 393 g/mol. The molecule has 0 saturated heterocycles. The van der Waals surface area contributed by atoms with Gasteiger partial charge in [-0.2, -0.15) is 4.80 Å². The predicted octanol–water partition coefficient (Wildman–Crippen LogP) is 2.47. The number of hydrogen-bond acceptors (Lipinski definition) is 7. The van der Waals surface area contributed by atoms with Crippen molar-refractivity contribution in [2.75, 3.05) is 12.1 Å². The van der Waals surface area contributed by atoms with E-state index in [1.165, 1.54) is 17.3 Å². The maximum atomic E-state index is 12.5. The molecule has 0 saturated carbocycles. The number of nitrogens with zero attached hydrogens (tertiary/aromatic N) is 4. The number of hydrogen-bond donors (Lipinski definition) is 1. The van der Waals surface area contributed by atoms with Crippen LogP contribution in [0.2, 0.25) is 0 Å². The van der Waals surface area contributed by atoms with E-state index < -0.39 is 5.91 Å². The lowest BCUT2D eigenvalue weighted by Crippen LogP contribution is -2.21. The van der Waals surface area contributed by atoms with Gasteiger partial charge in [0.15, 0.2) is 17.3 Å². The molecule has 1 aliphatic rings. The first kappa shape index (κ1) is 18.6. The molecule has 0 spiro atoms. The first-order valence-corrected chi connectivity index (χ1v) is 9.15. The van der Waals surface area contributed by atoms with Gasteiger partial charge in [0, 0.05) is 17.2 Å². The molecule has 148 valence electrons. The number of Topliss-reactive ketones (excluding diaryl/α,β-unsaturated/α-hetero) is 1. The number of carbonyl (C=O) groups is 2. The Labute approximate surface area is 166 Å². The number of ether oxygens (including phenoxy) is 2. The fourth-order valence-corrected chi connectivity index (χ4v) is 2.97. The van der Waals surface area contributed by atoms with Gasteiger partial charge < -0.3 is 14.8 Å². The number of aromatic nitrogens is 4. The Hall–Kier alpha value is -3.75. The van der Waals surface area contributed by atoms with Gasteiger partial charge in [0.2, 0.25) is 18.5 Å². The minimum absolute atomic E-state index is 0.0783. The Morgan fingerprint density at radius 1 is 1.14 bits per heavy atom. The molecule has 9 nitrogen and oxygen atoms in total. The molecule has 0 radical (unpaired) electrons. The summed E-state index contributed by atoms with van der Waals surface area (Å²) >= 11 is 0. The van der Waals surface area contributed by atoms with E-state index in [2.05, 4.69) is 27.7 Å². The van der Waals surface area contributed by atoms with Crippen molar-refractivity contribution in [1.82, 2.24) is 20.2 Å². The van der Waals surface area contributed by atoms with Gasteiger partial charge in [-0.15, -0.1) is 10.2 Å². The van der Waals surface area contributed by atoms with Gasteiger partial charge in [-0.05, 0) is 30.2 Å². The second kappa shape index (κ2) is 7.70. The van der Waals surface area contributed by atoms with Crippen LogP contribution >= 0.6 is 0 Å². The Morgan fingerprint density at radius 3 is 2.55 bits per heavy atom. The van der Waals surface area contributed by atoms with E-state index in [1.54, 1.807) is 12.1 Å². The molecule has 0 unspecified atom stereocenters. The Kier molecular flexibility index (Phi) is 4.94. The molecule has 3 aromatic rings. The fourth-order valence-electron chi connectivity index (χ4n) is 2.97. The van der Waals surface area contributed by atoms with Crippen LogP contribution in [-0.2, 0) is 17.8 Å². The summed E-state index contributed by atoms with van der Waals surface area (Å²) < 4.78 is 10.6. The van der Waals surface area contributed by atoms with Crippen LogP contribution in [0.25, 0.3) is 11.4 Å². The number of nitrogens with one attached hydrogen (secondary N) is 1. The molecule has 0 bridgehead atoms. The number of anilines is 1. The number of amides is 1. The van der Waals surface area contributed by atoms with E-state index in [-0.39, 0.29) is 19.1 Å².